The van der Waals surface area contributed by atoms with E-state index in [1.54, 1.807) is 19.1 Å². The van der Waals surface area contributed by atoms with Crippen molar-refractivity contribution >= 4 is 6.09 Å². The van der Waals surface area contributed by atoms with Crippen LogP contribution in [0.5, 0.6) is 5.75 Å². The van der Waals surface area contributed by atoms with Crippen LogP contribution in [-0.4, -0.2) is 51.5 Å². The summed E-state index contributed by atoms with van der Waals surface area (Å²) in [5.74, 6) is 0.580. The molecule has 0 aliphatic heterocycles. The largest absolute Gasteiger partial charge is 0.415 e. The Hall–Kier alpha value is -1.59. The summed E-state index contributed by atoms with van der Waals surface area (Å²) in [7, 11) is 3.22. The van der Waals surface area contributed by atoms with Gasteiger partial charge in [0.1, 0.15) is 5.75 Å². The van der Waals surface area contributed by atoms with E-state index < -0.39 is 0 Å². The number of hydrogen-bond acceptors (Lipinski definition) is 4. The van der Waals surface area contributed by atoms with E-state index in [1.807, 2.05) is 18.2 Å². The fourth-order valence-corrected chi connectivity index (χ4v) is 2.29. The van der Waals surface area contributed by atoms with Gasteiger partial charge in [0.25, 0.3) is 0 Å². The van der Waals surface area contributed by atoms with Gasteiger partial charge >= 0.3 is 6.09 Å². The van der Waals surface area contributed by atoms with Crippen molar-refractivity contribution in [2.45, 2.75) is 40.0 Å². The van der Waals surface area contributed by atoms with Gasteiger partial charge in [-0.3, -0.25) is 0 Å². The molecule has 0 fully saturated rings. The van der Waals surface area contributed by atoms with E-state index in [1.165, 1.54) is 5.56 Å². The highest BCUT2D eigenvalue weighted by molar-refractivity contribution is 5.70. The number of carbonyl (C=O) groups is 1. The van der Waals surface area contributed by atoms with Crippen LogP contribution in [0.4, 0.5) is 4.79 Å². The lowest BCUT2D eigenvalue weighted by Crippen LogP contribution is -2.38. The lowest BCUT2D eigenvalue weighted by molar-refractivity contribution is 0.102. The van der Waals surface area contributed by atoms with E-state index >= 15 is 0 Å². The number of nitrogens with zero attached hydrogens (tertiary/aromatic N) is 1. The number of amides is 1. The lowest BCUT2D eigenvalue weighted by atomic mass is 9.84. The topological polar surface area (TPSA) is 48.0 Å². The maximum atomic E-state index is 12.4. The van der Waals surface area contributed by atoms with Gasteiger partial charge in [-0.05, 0) is 36.0 Å². The van der Waals surface area contributed by atoms with Crippen molar-refractivity contribution in [2.24, 2.45) is 5.41 Å². The zero-order chi connectivity index (χ0) is 18.7. The lowest BCUT2D eigenvalue weighted by Gasteiger charge is -2.23. The molecule has 1 aromatic rings. The molecule has 1 aromatic carbocycles. The van der Waals surface area contributed by atoms with Crippen LogP contribution in [0, 0.1) is 5.41 Å². The van der Waals surface area contributed by atoms with E-state index in [-0.39, 0.29) is 6.09 Å². The Bertz CT molecular complexity index is 508. The van der Waals surface area contributed by atoms with E-state index in [9.17, 15) is 4.79 Å². The average Bonchev–Trinajstić information content (AvgIpc) is 2.60. The Kier molecular flexibility index (Phi) is 9.53. The van der Waals surface area contributed by atoms with Gasteiger partial charge in [0.2, 0.25) is 0 Å². The van der Waals surface area contributed by atoms with Crippen LogP contribution in [0.1, 0.15) is 39.2 Å². The summed E-state index contributed by atoms with van der Waals surface area (Å²) in [6, 6.07) is 7.79. The fourth-order valence-electron chi connectivity index (χ4n) is 2.29. The maximum absolute atomic E-state index is 12.4. The van der Waals surface area contributed by atoms with E-state index in [4.69, 9.17) is 14.2 Å². The number of hydrogen-bond donors (Lipinski definition) is 0. The van der Waals surface area contributed by atoms with E-state index in [0.717, 1.165) is 19.3 Å². The summed E-state index contributed by atoms with van der Waals surface area (Å²) < 4.78 is 15.7. The average molecular weight is 351 g/mol. The predicted octanol–water partition coefficient (Wildman–Crippen LogP) is 4.15. The molecule has 0 aliphatic carbocycles. The summed E-state index contributed by atoms with van der Waals surface area (Å²) >= 11 is 0. The first-order valence-corrected chi connectivity index (χ1v) is 8.95. The molecule has 25 heavy (non-hydrogen) atoms. The highest BCUT2D eigenvalue weighted by Crippen LogP contribution is 2.27. The smallest absolute Gasteiger partial charge is 0.410 e. The van der Waals surface area contributed by atoms with Gasteiger partial charge in [0.05, 0.1) is 13.2 Å². The van der Waals surface area contributed by atoms with Crippen LogP contribution < -0.4 is 4.74 Å². The first-order chi connectivity index (χ1) is 11.9. The Morgan fingerprint density at radius 1 is 1.12 bits per heavy atom. The molecule has 0 atom stereocenters. The molecule has 5 nitrogen and oxygen atoms in total. The van der Waals surface area contributed by atoms with Gasteiger partial charge in [-0.15, -0.1) is 0 Å². The van der Waals surface area contributed by atoms with Crippen molar-refractivity contribution in [3.63, 3.8) is 0 Å². The zero-order valence-electron chi connectivity index (χ0n) is 16.3. The van der Waals surface area contributed by atoms with Crippen molar-refractivity contribution < 1.29 is 19.0 Å². The molecular formula is C20H33NO4. The van der Waals surface area contributed by atoms with Crippen LogP contribution in [0.25, 0.3) is 0 Å². The predicted molar refractivity (Wildman–Crippen MR) is 100 cm³/mol. The summed E-state index contributed by atoms with van der Waals surface area (Å²) in [5.41, 5.74) is 1.51. The number of ether oxygens (including phenoxy) is 3. The second-order valence-corrected chi connectivity index (χ2v) is 7.01. The Balaban J connectivity index is 2.67. The quantitative estimate of drug-likeness (QED) is 0.601. The summed E-state index contributed by atoms with van der Waals surface area (Å²) in [5, 5.41) is 0. The number of carbonyl (C=O) groups excluding carboxylic acids is 1. The SMILES string of the molecule is CCC(C)(C)CCc1cccc(OC(=O)N(CCOC)CCOC)c1. The summed E-state index contributed by atoms with van der Waals surface area (Å²) in [4.78, 5) is 14.0. The van der Waals surface area contributed by atoms with Gasteiger partial charge in [-0.25, -0.2) is 4.79 Å². The third kappa shape index (κ3) is 8.36. The molecule has 1 amide bonds. The molecule has 0 unspecified atom stereocenters. The van der Waals surface area contributed by atoms with Crippen molar-refractivity contribution in [1.29, 1.82) is 0 Å². The number of aryl methyl sites for hydroxylation is 1. The third-order valence-corrected chi connectivity index (χ3v) is 4.54. The highest BCUT2D eigenvalue weighted by Gasteiger charge is 2.17. The molecule has 0 aliphatic rings. The van der Waals surface area contributed by atoms with E-state index in [0.29, 0.717) is 37.5 Å². The van der Waals surface area contributed by atoms with Gasteiger partial charge < -0.3 is 19.1 Å². The number of rotatable bonds is 11. The van der Waals surface area contributed by atoms with Gasteiger partial charge in [0, 0.05) is 27.3 Å². The molecule has 142 valence electrons. The van der Waals surface area contributed by atoms with Gasteiger partial charge in [-0.2, -0.15) is 0 Å². The van der Waals surface area contributed by atoms with Crippen molar-refractivity contribution in [2.75, 3.05) is 40.5 Å². The molecule has 0 spiro atoms. The van der Waals surface area contributed by atoms with Crippen LogP contribution in [0.15, 0.2) is 24.3 Å². The van der Waals surface area contributed by atoms with Crippen LogP contribution in [0.3, 0.4) is 0 Å². The Labute approximate surface area is 152 Å². The molecule has 0 saturated carbocycles. The summed E-state index contributed by atoms with van der Waals surface area (Å²) in [6.07, 6.45) is 2.85. The number of methoxy groups -OCH3 is 2. The molecule has 0 bridgehead atoms. The van der Waals surface area contributed by atoms with Crippen LogP contribution in [0.2, 0.25) is 0 Å². The molecule has 1 rings (SSSR count). The molecular weight excluding hydrogens is 318 g/mol. The molecule has 0 radical (unpaired) electrons. The normalized spacial score (nSPS) is 11.4. The van der Waals surface area contributed by atoms with Gasteiger partial charge in [0.15, 0.2) is 0 Å². The Morgan fingerprint density at radius 2 is 1.76 bits per heavy atom. The second kappa shape index (κ2) is 11.1. The standard InChI is InChI=1S/C20H33NO4/c1-6-20(2,3)11-10-17-8-7-9-18(16-17)25-19(22)21(12-14-23-4)13-15-24-5/h7-9,16H,6,10-15H2,1-5H3. The molecule has 0 saturated heterocycles. The first-order valence-electron chi connectivity index (χ1n) is 8.95. The van der Waals surface area contributed by atoms with Crippen molar-refractivity contribution in [3.8, 4) is 5.75 Å². The van der Waals surface area contributed by atoms with Crippen LogP contribution in [-0.2, 0) is 15.9 Å². The molecule has 0 N–H and O–H groups in total. The van der Waals surface area contributed by atoms with Gasteiger partial charge in [-0.1, -0.05) is 39.3 Å². The minimum absolute atomic E-state index is 0.323. The minimum Gasteiger partial charge on any atom is -0.410 e. The maximum Gasteiger partial charge on any atom is 0.415 e. The molecule has 5 heteroatoms. The van der Waals surface area contributed by atoms with E-state index in [2.05, 4.69) is 26.8 Å². The zero-order valence-corrected chi connectivity index (χ0v) is 16.3. The second-order valence-electron chi connectivity index (χ2n) is 7.01. The first kappa shape index (κ1) is 21.5. The van der Waals surface area contributed by atoms with Crippen LogP contribution >= 0.6 is 0 Å². The fraction of sp³-hybridized carbons (Fsp3) is 0.650. The number of benzene rings is 1. The minimum atomic E-state index is -0.375. The molecule has 0 aromatic heterocycles. The Morgan fingerprint density at radius 3 is 2.32 bits per heavy atom. The highest BCUT2D eigenvalue weighted by atomic mass is 16.6. The molecule has 0 heterocycles. The monoisotopic (exact) mass is 351 g/mol. The van der Waals surface area contributed by atoms with Crippen molar-refractivity contribution in [3.05, 3.63) is 29.8 Å². The third-order valence-electron chi connectivity index (χ3n) is 4.54. The summed E-state index contributed by atoms with van der Waals surface area (Å²) in [6.45, 7) is 8.65. The van der Waals surface area contributed by atoms with Crippen molar-refractivity contribution in [1.82, 2.24) is 4.90 Å².